The molecule has 0 aliphatic carbocycles. The zero-order valence-corrected chi connectivity index (χ0v) is 12.6. The van der Waals surface area contributed by atoms with E-state index in [9.17, 15) is 18.7 Å². The molecule has 3 rings (SSSR count). The summed E-state index contributed by atoms with van der Waals surface area (Å²) in [6.45, 7) is 0.0411. The molecular weight excluding hydrogens is 314 g/mol. The first-order valence-electron chi connectivity index (χ1n) is 7.43. The lowest BCUT2D eigenvalue weighted by atomic mass is 10.0. The van der Waals surface area contributed by atoms with Crippen molar-refractivity contribution in [1.82, 2.24) is 4.90 Å². The molecule has 0 bridgehead atoms. The number of hydrogen-bond acceptors (Lipinski definition) is 3. The highest BCUT2D eigenvalue weighted by Crippen LogP contribution is 2.35. The van der Waals surface area contributed by atoms with Crippen molar-refractivity contribution in [3.05, 3.63) is 70.8 Å². The number of carbonyl (C=O) groups is 1. The minimum atomic E-state index is -0.806. The molecule has 0 saturated carbocycles. The molecular formula is C18H14F2N2O2. The number of halogens is 2. The van der Waals surface area contributed by atoms with E-state index in [0.29, 0.717) is 11.1 Å². The van der Waals surface area contributed by atoms with Gasteiger partial charge in [-0.15, -0.1) is 0 Å². The van der Waals surface area contributed by atoms with Gasteiger partial charge in [-0.25, -0.2) is 8.78 Å². The van der Waals surface area contributed by atoms with Gasteiger partial charge in [-0.3, -0.25) is 4.79 Å². The van der Waals surface area contributed by atoms with Gasteiger partial charge in [0.25, 0.3) is 5.91 Å². The largest absolute Gasteiger partial charge is 0.391 e. The molecule has 1 heterocycles. The van der Waals surface area contributed by atoms with Crippen LogP contribution in [0.1, 0.15) is 33.9 Å². The number of β-amino-alcohol motifs (C(OH)–C–C–N with tert-alkyl or cyclic N) is 1. The van der Waals surface area contributed by atoms with Crippen LogP contribution >= 0.6 is 0 Å². The molecule has 2 atom stereocenters. The van der Waals surface area contributed by atoms with E-state index in [2.05, 4.69) is 0 Å². The van der Waals surface area contributed by atoms with Crippen molar-refractivity contribution >= 4 is 5.91 Å². The van der Waals surface area contributed by atoms with E-state index >= 15 is 0 Å². The average Bonchev–Trinajstić information content (AvgIpc) is 2.98. The summed E-state index contributed by atoms with van der Waals surface area (Å²) >= 11 is 0. The Hall–Kier alpha value is -2.78. The molecule has 1 fully saturated rings. The highest BCUT2D eigenvalue weighted by atomic mass is 19.1. The van der Waals surface area contributed by atoms with Gasteiger partial charge in [0.1, 0.15) is 11.6 Å². The SMILES string of the molecule is N#Cc1ccc(C(=O)N2C[C@H](O)C[C@@H]2c2cc(F)ccc2F)cc1. The van der Waals surface area contributed by atoms with E-state index in [0.717, 1.165) is 18.2 Å². The number of nitriles is 1. The monoisotopic (exact) mass is 328 g/mol. The summed E-state index contributed by atoms with van der Waals surface area (Å²) in [5.74, 6) is -1.61. The van der Waals surface area contributed by atoms with Crippen LogP contribution in [0.15, 0.2) is 42.5 Å². The van der Waals surface area contributed by atoms with Gasteiger partial charge in [-0.2, -0.15) is 5.26 Å². The quantitative estimate of drug-likeness (QED) is 0.922. The predicted octanol–water partition coefficient (Wildman–Crippen LogP) is 2.78. The number of aliphatic hydroxyl groups excluding tert-OH is 1. The topological polar surface area (TPSA) is 64.3 Å². The van der Waals surface area contributed by atoms with Gasteiger partial charge in [0.15, 0.2) is 0 Å². The predicted molar refractivity (Wildman–Crippen MR) is 81.9 cm³/mol. The lowest BCUT2D eigenvalue weighted by Gasteiger charge is -2.25. The van der Waals surface area contributed by atoms with E-state index in [1.807, 2.05) is 6.07 Å². The van der Waals surface area contributed by atoms with Crippen LogP contribution < -0.4 is 0 Å². The van der Waals surface area contributed by atoms with Crippen molar-refractivity contribution in [2.24, 2.45) is 0 Å². The van der Waals surface area contributed by atoms with E-state index < -0.39 is 29.7 Å². The minimum absolute atomic E-state index is 0.0411. The standard InChI is InChI=1S/C18H14F2N2O2/c19-13-5-6-16(20)15(7-13)17-8-14(23)10-22(17)18(24)12-3-1-11(9-21)2-4-12/h1-7,14,17,23H,8,10H2/t14-,17-/m1/s1. The lowest BCUT2D eigenvalue weighted by Crippen LogP contribution is -2.32. The lowest BCUT2D eigenvalue weighted by molar-refractivity contribution is 0.0713. The van der Waals surface area contributed by atoms with Crippen LogP contribution in [0.3, 0.4) is 0 Å². The summed E-state index contributed by atoms with van der Waals surface area (Å²) < 4.78 is 27.5. The van der Waals surface area contributed by atoms with Gasteiger partial charge in [0, 0.05) is 17.7 Å². The molecule has 6 heteroatoms. The van der Waals surface area contributed by atoms with Crippen LogP contribution in [0.25, 0.3) is 0 Å². The van der Waals surface area contributed by atoms with Crippen molar-refractivity contribution in [1.29, 1.82) is 5.26 Å². The summed E-state index contributed by atoms with van der Waals surface area (Å²) in [4.78, 5) is 14.0. The number of rotatable bonds is 2. The number of hydrogen-bond donors (Lipinski definition) is 1. The fourth-order valence-corrected chi connectivity index (χ4v) is 2.96. The van der Waals surface area contributed by atoms with Crippen LogP contribution in [0.2, 0.25) is 0 Å². The Bertz CT molecular complexity index is 815. The molecule has 0 unspecified atom stereocenters. The molecule has 1 amide bonds. The van der Waals surface area contributed by atoms with Crippen molar-refractivity contribution in [3.63, 3.8) is 0 Å². The Morgan fingerprint density at radius 3 is 2.58 bits per heavy atom. The normalized spacial score (nSPS) is 20.0. The Balaban J connectivity index is 1.94. The summed E-state index contributed by atoms with van der Waals surface area (Å²) in [5, 5.41) is 18.7. The number of carbonyl (C=O) groups excluding carboxylic acids is 1. The molecule has 0 radical (unpaired) electrons. The van der Waals surface area contributed by atoms with Crippen molar-refractivity contribution < 1.29 is 18.7 Å². The van der Waals surface area contributed by atoms with E-state index in [-0.39, 0.29) is 18.5 Å². The van der Waals surface area contributed by atoms with Gasteiger partial charge in [-0.1, -0.05) is 0 Å². The molecule has 1 saturated heterocycles. The number of aliphatic hydroxyl groups is 1. The average molecular weight is 328 g/mol. The fourth-order valence-electron chi connectivity index (χ4n) is 2.96. The molecule has 1 aliphatic heterocycles. The molecule has 1 aliphatic rings. The number of benzene rings is 2. The van der Waals surface area contributed by atoms with Crippen LogP contribution in [-0.4, -0.2) is 28.6 Å². The van der Waals surface area contributed by atoms with Gasteiger partial charge in [-0.05, 0) is 48.9 Å². The second-order valence-corrected chi connectivity index (χ2v) is 5.72. The third-order valence-corrected chi connectivity index (χ3v) is 4.12. The summed E-state index contributed by atoms with van der Waals surface area (Å²) in [6.07, 6.45) is -0.664. The first-order valence-corrected chi connectivity index (χ1v) is 7.43. The maximum Gasteiger partial charge on any atom is 0.254 e. The molecule has 0 aromatic heterocycles. The zero-order chi connectivity index (χ0) is 17.3. The summed E-state index contributed by atoms with van der Waals surface area (Å²) in [5.41, 5.74) is 0.791. The second kappa shape index (κ2) is 6.38. The van der Waals surface area contributed by atoms with Crippen LogP contribution in [0.4, 0.5) is 8.78 Å². The van der Waals surface area contributed by atoms with Gasteiger partial charge >= 0.3 is 0 Å². The molecule has 24 heavy (non-hydrogen) atoms. The third kappa shape index (κ3) is 2.99. The van der Waals surface area contributed by atoms with Crippen LogP contribution in [0, 0.1) is 23.0 Å². The maximum absolute atomic E-state index is 14.1. The zero-order valence-electron chi connectivity index (χ0n) is 12.6. The Morgan fingerprint density at radius 1 is 1.21 bits per heavy atom. The van der Waals surface area contributed by atoms with Crippen LogP contribution in [0.5, 0.6) is 0 Å². The minimum Gasteiger partial charge on any atom is -0.391 e. The first kappa shape index (κ1) is 16.1. The molecule has 2 aromatic rings. The molecule has 2 aromatic carbocycles. The highest BCUT2D eigenvalue weighted by Gasteiger charge is 2.37. The number of nitrogens with zero attached hydrogens (tertiary/aromatic N) is 2. The van der Waals surface area contributed by atoms with E-state index in [1.165, 1.54) is 29.2 Å². The Labute approximate surface area is 137 Å². The molecule has 1 N–H and O–H groups in total. The summed E-state index contributed by atoms with van der Waals surface area (Å²) in [6, 6.07) is 10.3. The first-order chi connectivity index (χ1) is 11.5. The smallest absolute Gasteiger partial charge is 0.254 e. The van der Waals surface area contributed by atoms with E-state index in [4.69, 9.17) is 5.26 Å². The highest BCUT2D eigenvalue weighted by molar-refractivity contribution is 5.94. The molecule has 122 valence electrons. The summed E-state index contributed by atoms with van der Waals surface area (Å²) in [7, 11) is 0. The van der Waals surface area contributed by atoms with Crippen LogP contribution in [-0.2, 0) is 0 Å². The number of likely N-dealkylation sites (tertiary alicyclic amines) is 1. The van der Waals surface area contributed by atoms with Crippen molar-refractivity contribution in [2.45, 2.75) is 18.6 Å². The second-order valence-electron chi connectivity index (χ2n) is 5.72. The van der Waals surface area contributed by atoms with Gasteiger partial charge in [0.05, 0.1) is 23.8 Å². The Kier molecular flexibility index (Phi) is 4.28. The Morgan fingerprint density at radius 2 is 1.92 bits per heavy atom. The van der Waals surface area contributed by atoms with Gasteiger partial charge < -0.3 is 10.0 Å². The molecule has 4 nitrogen and oxygen atoms in total. The fraction of sp³-hybridized carbons (Fsp3) is 0.222. The number of amides is 1. The van der Waals surface area contributed by atoms with E-state index in [1.54, 1.807) is 0 Å². The van der Waals surface area contributed by atoms with Gasteiger partial charge in [0.2, 0.25) is 0 Å². The van der Waals surface area contributed by atoms with Crippen molar-refractivity contribution in [2.75, 3.05) is 6.54 Å². The molecule has 0 spiro atoms. The maximum atomic E-state index is 14.1. The van der Waals surface area contributed by atoms with Crippen molar-refractivity contribution in [3.8, 4) is 6.07 Å². The third-order valence-electron chi connectivity index (χ3n) is 4.12.